The van der Waals surface area contributed by atoms with Crippen LogP contribution >= 0.6 is 11.3 Å². The van der Waals surface area contributed by atoms with Gasteiger partial charge in [0.15, 0.2) is 5.65 Å². The predicted molar refractivity (Wildman–Crippen MR) is 87.5 cm³/mol. The number of aryl methyl sites for hydroxylation is 1. The van der Waals surface area contributed by atoms with Crippen molar-refractivity contribution in [3.05, 3.63) is 16.8 Å². The summed E-state index contributed by atoms with van der Waals surface area (Å²) in [7, 11) is 0. The van der Waals surface area contributed by atoms with Crippen molar-refractivity contribution in [3.63, 3.8) is 0 Å². The van der Waals surface area contributed by atoms with E-state index in [0.717, 1.165) is 28.7 Å². The molecule has 7 heteroatoms. The third-order valence-corrected chi connectivity index (χ3v) is 5.41. The van der Waals surface area contributed by atoms with Crippen LogP contribution in [0.2, 0.25) is 0 Å². The largest absolute Gasteiger partial charge is 0.392 e. The third kappa shape index (κ3) is 2.16. The maximum absolute atomic E-state index is 9.48. The summed E-state index contributed by atoms with van der Waals surface area (Å²) < 4.78 is 1.75. The van der Waals surface area contributed by atoms with E-state index in [0.29, 0.717) is 18.4 Å². The molecule has 4 rings (SSSR count). The smallest absolute Gasteiger partial charge is 0.227 e. The molecule has 0 bridgehead atoms. The van der Waals surface area contributed by atoms with Crippen LogP contribution in [0.3, 0.4) is 0 Å². The third-order valence-electron chi connectivity index (χ3n) is 4.22. The average molecular weight is 317 g/mol. The zero-order chi connectivity index (χ0) is 15.3. The first-order valence-electron chi connectivity index (χ1n) is 7.69. The Kier molecular flexibility index (Phi) is 3.27. The molecule has 3 heterocycles. The fourth-order valence-electron chi connectivity index (χ4n) is 3.12. The molecule has 1 aliphatic rings. The van der Waals surface area contributed by atoms with Crippen LogP contribution in [0, 0.1) is 5.92 Å². The summed E-state index contributed by atoms with van der Waals surface area (Å²) in [6, 6.07) is 0. The van der Waals surface area contributed by atoms with Crippen LogP contribution in [0.1, 0.15) is 30.7 Å². The van der Waals surface area contributed by atoms with E-state index in [4.69, 9.17) is 4.98 Å². The molecule has 1 aliphatic carbocycles. The van der Waals surface area contributed by atoms with E-state index < -0.39 is 6.10 Å². The normalized spacial score (nSPS) is 19.5. The highest BCUT2D eigenvalue weighted by atomic mass is 32.1. The standard InChI is InChI=1S/C15H19N5OS/c1-8-3-4-11-10(5-8)12-13-17-7-18-20(13)15(16-6-9(2)21)19-14(12)22-11/h7-9,21H,3-6H2,1-2H3,(H,16,19)/t8-,9+/m0/s1. The fraction of sp³-hybridized carbons (Fsp3) is 0.533. The maximum Gasteiger partial charge on any atom is 0.227 e. The van der Waals surface area contributed by atoms with Gasteiger partial charge in [0.1, 0.15) is 11.2 Å². The van der Waals surface area contributed by atoms with Crippen LogP contribution in [0.4, 0.5) is 5.95 Å². The highest BCUT2D eigenvalue weighted by molar-refractivity contribution is 7.19. The van der Waals surface area contributed by atoms with Gasteiger partial charge in [-0.1, -0.05) is 6.92 Å². The Morgan fingerprint density at radius 2 is 2.41 bits per heavy atom. The summed E-state index contributed by atoms with van der Waals surface area (Å²) in [6.07, 6.45) is 4.61. The summed E-state index contributed by atoms with van der Waals surface area (Å²) in [6.45, 7) is 4.49. The number of rotatable bonds is 3. The lowest BCUT2D eigenvalue weighted by Gasteiger charge is -2.18. The van der Waals surface area contributed by atoms with Crippen molar-refractivity contribution in [2.75, 3.05) is 11.9 Å². The molecule has 3 aromatic rings. The number of anilines is 1. The summed E-state index contributed by atoms with van der Waals surface area (Å²) in [5.74, 6) is 1.36. The van der Waals surface area contributed by atoms with E-state index in [1.54, 1.807) is 29.1 Å². The van der Waals surface area contributed by atoms with Crippen LogP contribution in [-0.4, -0.2) is 37.3 Å². The zero-order valence-electron chi connectivity index (χ0n) is 12.7. The molecular formula is C15H19N5OS. The van der Waals surface area contributed by atoms with Gasteiger partial charge in [-0.15, -0.1) is 11.3 Å². The van der Waals surface area contributed by atoms with Gasteiger partial charge in [0.25, 0.3) is 0 Å². The van der Waals surface area contributed by atoms with Gasteiger partial charge in [0.2, 0.25) is 5.95 Å². The van der Waals surface area contributed by atoms with Crippen molar-refractivity contribution in [1.29, 1.82) is 0 Å². The van der Waals surface area contributed by atoms with Crippen LogP contribution in [0.15, 0.2) is 6.33 Å². The Bertz CT molecular complexity index is 837. The van der Waals surface area contributed by atoms with E-state index in [9.17, 15) is 5.11 Å². The first-order chi connectivity index (χ1) is 10.6. The number of thiophene rings is 1. The van der Waals surface area contributed by atoms with Crippen molar-refractivity contribution < 1.29 is 5.11 Å². The lowest BCUT2D eigenvalue weighted by molar-refractivity contribution is 0.208. The Balaban J connectivity index is 1.91. The minimum Gasteiger partial charge on any atom is -0.392 e. The Morgan fingerprint density at radius 3 is 3.23 bits per heavy atom. The number of aromatic nitrogens is 4. The van der Waals surface area contributed by atoms with Crippen molar-refractivity contribution in [1.82, 2.24) is 19.6 Å². The predicted octanol–water partition coefficient (Wildman–Crippen LogP) is 2.26. The summed E-state index contributed by atoms with van der Waals surface area (Å²) in [5, 5.41) is 18.1. The van der Waals surface area contributed by atoms with Gasteiger partial charge < -0.3 is 10.4 Å². The molecule has 0 amide bonds. The van der Waals surface area contributed by atoms with Crippen LogP contribution in [0.25, 0.3) is 15.9 Å². The lowest BCUT2D eigenvalue weighted by Crippen LogP contribution is -2.18. The Hall–Kier alpha value is -1.73. The number of nitrogens with zero attached hydrogens (tertiary/aromatic N) is 4. The quantitative estimate of drug-likeness (QED) is 0.775. The first kappa shape index (κ1) is 13.9. The molecule has 2 atom stereocenters. The molecule has 0 saturated heterocycles. The minimum atomic E-state index is -0.437. The van der Waals surface area contributed by atoms with Gasteiger partial charge in [-0.3, -0.25) is 0 Å². The van der Waals surface area contributed by atoms with Crippen LogP contribution in [-0.2, 0) is 12.8 Å². The number of hydrogen-bond donors (Lipinski definition) is 2. The molecule has 22 heavy (non-hydrogen) atoms. The summed E-state index contributed by atoms with van der Waals surface area (Å²) in [4.78, 5) is 11.7. The number of hydrogen-bond acceptors (Lipinski definition) is 6. The van der Waals surface area contributed by atoms with E-state index >= 15 is 0 Å². The van der Waals surface area contributed by atoms with E-state index in [1.807, 2.05) is 0 Å². The van der Waals surface area contributed by atoms with Gasteiger partial charge in [0, 0.05) is 11.4 Å². The first-order valence-corrected chi connectivity index (χ1v) is 8.51. The molecule has 6 nitrogen and oxygen atoms in total. The minimum absolute atomic E-state index is 0.437. The van der Waals surface area contributed by atoms with Crippen molar-refractivity contribution in [2.45, 2.75) is 39.2 Å². The highest BCUT2D eigenvalue weighted by Gasteiger charge is 2.24. The molecule has 0 radical (unpaired) electrons. The maximum atomic E-state index is 9.48. The number of aliphatic hydroxyl groups excluding tert-OH is 1. The second-order valence-electron chi connectivity index (χ2n) is 6.19. The van der Waals surface area contributed by atoms with Crippen LogP contribution < -0.4 is 5.32 Å². The van der Waals surface area contributed by atoms with E-state index in [1.165, 1.54) is 16.9 Å². The molecule has 0 spiro atoms. The lowest BCUT2D eigenvalue weighted by atomic mass is 9.89. The number of aliphatic hydroxyl groups is 1. The number of fused-ring (bicyclic) bond motifs is 5. The van der Waals surface area contributed by atoms with Crippen LogP contribution in [0.5, 0.6) is 0 Å². The summed E-state index contributed by atoms with van der Waals surface area (Å²) in [5.41, 5.74) is 2.27. The Morgan fingerprint density at radius 1 is 1.55 bits per heavy atom. The molecule has 0 fully saturated rings. The highest BCUT2D eigenvalue weighted by Crippen LogP contribution is 2.39. The van der Waals surface area contributed by atoms with Gasteiger partial charge >= 0.3 is 0 Å². The second kappa shape index (κ2) is 5.17. The van der Waals surface area contributed by atoms with Crippen molar-refractivity contribution in [3.8, 4) is 0 Å². The van der Waals surface area contributed by atoms with Crippen molar-refractivity contribution in [2.24, 2.45) is 5.92 Å². The molecular weight excluding hydrogens is 298 g/mol. The monoisotopic (exact) mass is 317 g/mol. The molecule has 2 N–H and O–H groups in total. The van der Waals surface area contributed by atoms with Crippen molar-refractivity contribution >= 4 is 33.1 Å². The Labute approximate surface area is 132 Å². The second-order valence-corrected chi connectivity index (χ2v) is 7.28. The van der Waals surface area contributed by atoms with E-state index in [2.05, 4.69) is 22.3 Å². The fourth-order valence-corrected chi connectivity index (χ4v) is 4.33. The van der Waals surface area contributed by atoms with E-state index in [-0.39, 0.29) is 0 Å². The number of nitrogens with one attached hydrogen (secondary N) is 1. The van der Waals surface area contributed by atoms with Gasteiger partial charge in [-0.2, -0.15) is 9.61 Å². The topological polar surface area (TPSA) is 75.3 Å². The summed E-state index contributed by atoms with van der Waals surface area (Å²) >= 11 is 1.77. The molecule has 3 aromatic heterocycles. The SMILES string of the molecule is C[C@H]1CCc2sc3nc(NC[C@@H](C)O)n4ncnc4c3c2C1. The molecule has 0 saturated carbocycles. The molecule has 0 unspecified atom stereocenters. The van der Waals surface area contributed by atoms with Gasteiger partial charge in [-0.25, -0.2) is 9.97 Å². The van der Waals surface area contributed by atoms with Gasteiger partial charge in [0.05, 0.1) is 11.5 Å². The average Bonchev–Trinajstić information content (AvgIpc) is 3.07. The zero-order valence-corrected chi connectivity index (χ0v) is 13.5. The molecule has 0 aliphatic heterocycles. The molecule has 0 aromatic carbocycles. The molecule has 116 valence electrons. The van der Waals surface area contributed by atoms with Gasteiger partial charge in [-0.05, 0) is 37.7 Å².